The number of carbonyl (C=O) groups is 2. The summed E-state index contributed by atoms with van der Waals surface area (Å²) in [4.78, 5) is 23.1. The molecule has 1 atom stereocenters. The fraction of sp³-hybridized carbons (Fsp3) is 0.294. The molecule has 122 valence electrons. The number of carboxylic acid groups (broad SMARTS) is 1. The molecule has 0 aliphatic rings. The molecule has 0 bridgehead atoms. The van der Waals surface area contributed by atoms with E-state index in [4.69, 9.17) is 9.52 Å². The van der Waals surface area contributed by atoms with Gasteiger partial charge in [0.2, 0.25) is 0 Å². The second-order valence-electron chi connectivity index (χ2n) is 5.16. The molecule has 2 rings (SSSR count). The molecule has 1 heterocycles. The van der Waals surface area contributed by atoms with E-state index in [0.717, 1.165) is 5.56 Å². The van der Waals surface area contributed by atoms with Crippen molar-refractivity contribution in [3.63, 3.8) is 0 Å². The Morgan fingerprint density at radius 3 is 2.52 bits per heavy atom. The van der Waals surface area contributed by atoms with Gasteiger partial charge in [-0.1, -0.05) is 37.3 Å². The molecule has 0 fully saturated rings. The van der Waals surface area contributed by atoms with Crippen molar-refractivity contribution in [2.24, 2.45) is 0 Å². The third-order valence-electron chi connectivity index (χ3n) is 3.40. The zero-order valence-electron chi connectivity index (χ0n) is 12.8. The lowest BCUT2D eigenvalue weighted by Crippen LogP contribution is -2.33. The van der Waals surface area contributed by atoms with Crippen LogP contribution in [0.3, 0.4) is 0 Å². The van der Waals surface area contributed by atoms with Gasteiger partial charge in [0.1, 0.15) is 11.3 Å². The van der Waals surface area contributed by atoms with Gasteiger partial charge in [-0.2, -0.15) is 0 Å². The van der Waals surface area contributed by atoms with Crippen molar-refractivity contribution in [1.82, 2.24) is 5.32 Å². The van der Waals surface area contributed by atoms with Crippen LogP contribution in [0.15, 0.2) is 40.8 Å². The van der Waals surface area contributed by atoms with Crippen molar-refractivity contribution < 1.29 is 24.2 Å². The summed E-state index contributed by atoms with van der Waals surface area (Å²) in [7, 11) is 0. The standard InChI is InChI=1S/C17H19NO5/c1-2-14-13(17(21)22)9-15(23-14)16(20)18-10-12(19)8-11-6-4-3-5-7-11/h3-7,9,12,19H,2,8,10H2,1H3,(H,18,20)(H,21,22). The molecule has 6 heteroatoms. The van der Waals surface area contributed by atoms with E-state index in [-0.39, 0.29) is 23.6 Å². The number of benzene rings is 1. The Balaban J connectivity index is 1.93. The number of amides is 1. The third kappa shape index (κ3) is 4.43. The van der Waals surface area contributed by atoms with Crippen molar-refractivity contribution in [1.29, 1.82) is 0 Å². The number of hydrogen-bond donors (Lipinski definition) is 3. The van der Waals surface area contributed by atoms with E-state index in [2.05, 4.69) is 5.32 Å². The van der Waals surface area contributed by atoms with Crippen LogP contribution in [0.5, 0.6) is 0 Å². The molecule has 0 aliphatic heterocycles. The topological polar surface area (TPSA) is 99.8 Å². The lowest BCUT2D eigenvalue weighted by Gasteiger charge is -2.11. The average Bonchev–Trinajstić information content (AvgIpc) is 2.98. The van der Waals surface area contributed by atoms with Gasteiger partial charge in [0.05, 0.1) is 6.10 Å². The van der Waals surface area contributed by atoms with Crippen LogP contribution in [0.2, 0.25) is 0 Å². The molecule has 1 aromatic heterocycles. The number of nitrogens with one attached hydrogen (secondary N) is 1. The average molecular weight is 317 g/mol. The lowest BCUT2D eigenvalue weighted by atomic mass is 10.1. The summed E-state index contributed by atoms with van der Waals surface area (Å²) in [6, 6.07) is 10.6. The molecule has 1 unspecified atom stereocenters. The van der Waals surface area contributed by atoms with Gasteiger partial charge >= 0.3 is 5.97 Å². The summed E-state index contributed by atoms with van der Waals surface area (Å²) in [5.74, 6) is -1.48. The third-order valence-corrected chi connectivity index (χ3v) is 3.40. The van der Waals surface area contributed by atoms with Gasteiger partial charge in [0.15, 0.2) is 5.76 Å². The maximum absolute atomic E-state index is 12.0. The monoisotopic (exact) mass is 317 g/mol. The molecule has 0 spiro atoms. The first-order valence-electron chi connectivity index (χ1n) is 7.37. The second-order valence-corrected chi connectivity index (χ2v) is 5.16. The number of aryl methyl sites for hydroxylation is 1. The minimum atomic E-state index is -1.13. The molecule has 0 saturated carbocycles. The molecule has 1 aromatic carbocycles. The largest absolute Gasteiger partial charge is 0.478 e. The van der Waals surface area contributed by atoms with Gasteiger partial charge in [-0.25, -0.2) is 4.79 Å². The van der Waals surface area contributed by atoms with E-state index in [9.17, 15) is 14.7 Å². The van der Waals surface area contributed by atoms with Crippen LogP contribution in [-0.2, 0) is 12.8 Å². The smallest absolute Gasteiger partial charge is 0.339 e. The highest BCUT2D eigenvalue weighted by Crippen LogP contribution is 2.16. The maximum Gasteiger partial charge on any atom is 0.339 e. The Bertz CT molecular complexity index is 678. The Morgan fingerprint density at radius 1 is 1.26 bits per heavy atom. The summed E-state index contributed by atoms with van der Waals surface area (Å²) in [6.07, 6.45) is 0.0618. The number of rotatable bonds is 7. The van der Waals surface area contributed by atoms with E-state index in [0.29, 0.717) is 12.8 Å². The highest BCUT2D eigenvalue weighted by Gasteiger charge is 2.20. The summed E-state index contributed by atoms with van der Waals surface area (Å²) >= 11 is 0. The SMILES string of the molecule is CCc1oc(C(=O)NCC(O)Cc2ccccc2)cc1C(=O)O. The van der Waals surface area contributed by atoms with Gasteiger partial charge in [0, 0.05) is 25.5 Å². The quantitative estimate of drug-likeness (QED) is 0.724. The molecule has 0 aliphatic carbocycles. The second kappa shape index (κ2) is 7.60. The highest BCUT2D eigenvalue weighted by molar-refractivity contribution is 5.96. The van der Waals surface area contributed by atoms with Gasteiger partial charge in [-0.15, -0.1) is 0 Å². The first kappa shape index (κ1) is 16.8. The Kier molecular flexibility index (Phi) is 5.54. The number of carboxylic acids is 1. The Hall–Kier alpha value is -2.60. The van der Waals surface area contributed by atoms with Crippen molar-refractivity contribution in [3.05, 3.63) is 59.0 Å². The van der Waals surface area contributed by atoms with Crippen molar-refractivity contribution in [3.8, 4) is 0 Å². The Morgan fingerprint density at radius 2 is 1.96 bits per heavy atom. The summed E-state index contributed by atoms with van der Waals surface area (Å²) in [5, 5.41) is 21.5. The number of aromatic carboxylic acids is 1. The van der Waals surface area contributed by atoms with E-state index < -0.39 is 18.0 Å². The van der Waals surface area contributed by atoms with E-state index >= 15 is 0 Å². The summed E-state index contributed by atoms with van der Waals surface area (Å²) in [6.45, 7) is 1.80. The van der Waals surface area contributed by atoms with Crippen LogP contribution in [0, 0.1) is 0 Å². The molecule has 1 amide bonds. The van der Waals surface area contributed by atoms with Crippen LogP contribution in [0.25, 0.3) is 0 Å². The number of aliphatic hydroxyl groups excluding tert-OH is 1. The molecule has 2 aromatic rings. The predicted molar refractivity (Wildman–Crippen MR) is 83.5 cm³/mol. The first-order valence-corrected chi connectivity index (χ1v) is 7.37. The summed E-state index contributed by atoms with van der Waals surface area (Å²) in [5.41, 5.74) is 0.955. The van der Waals surface area contributed by atoms with Crippen molar-refractivity contribution in [2.75, 3.05) is 6.54 Å². The molecular formula is C17H19NO5. The fourth-order valence-electron chi connectivity index (χ4n) is 2.24. The van der Waals surface area contributed by atoms with Crippen LogP contribution in [0.4, 0.5) is 0 Å². The number of hydrogen-bond acceptors (Lipinski definition) is 4. The Labute approximate surface area is 133 Å². The molecule has 3 N–H and O–H groups in total. The molecule has 6 nitrogen and oxygen atoms in total. The molecule has 0 radical (unpaired) electrons. The summed E-state index contributed by atoms with van der Waals surface area (Å²) < 4.78 is 5.26. The molecule has 23 heavy (non-hydrogen) atoms. The van der Waals surface area contributed by atoms with Crippen molar-refractivity contribution in [2.45, 2.75) is 25.9 Å². The van der Waals surface area contributed by atoms with E-state index in [1.54, 1.807) is 6.92 Å². The maximum atomic E-state index is 12.0. The predicted octanol–water partition coefficient (Wildman–Crippen LogP) is 1.87. The van der Waals surface area contributed by atoms with Crippen LogP contribution >= 0.6 is 0 Å². The van der Waals surface area contributed by atoms with Crippen LogP contribution in [-0.4, -0.2) is 34.7 Å². The minimum Gasteiger partial charge on any atom is -0.478 e. The van der Waals surface area contributed by atoms with Crippen LogP contribution in [0.1, 0.15) is 39.2 Å². The zero-order chi connectivity index (χ0) is 16.8. The molecular weight excluding hydrogens is 298 g/mol. The number of aliphatic hydroxyl groups is 1. The van der Waals surface area contributed by atoms with Gasteiger partial charge < -0.3 is 19.9 Å². The van der Waals surface area contributed by atoms with Gasteiger partial charge in [-0.3, -0.25) is 4.79 Å². The fourth-order valence-corrected chi connectivity index (χ4v) is 2.24. The lowest BCUT2D eigenvalue weighted by molar-refractivity contribution is 0.0694. The number of furan rings is 1. The number of carbonyl (C=O) groups excluding carboxylic acids is 1. The zero-order valence-corrected chi connectivity index (χ0v) is 12.8. The normalized spacial score (nSPS) is 11.9. The molecule has 0 saturated heterocycles. The van der Waals surface area contributed by atoms with E-state index in [1.807, 2.05) is 30.3 Å². The van der Waals surface area contributed by atoms with Crippen LogP contribution < -0.4 is 5.32 Å². The van der Waals surface area contributed by atoms with Gasteiger partial charge in [0.25, 0.3) is 5.91 Å². The van der Waals surface area contributed by atoms with Crippen molar-refractivity contribution >= 4 is 11.9 Å². The van der Waals surface area contributed by atoms with E-state index in [1.165, 1.54) is 6.07 Å². The highest BCUT2D eigenvalue weighted by atomic mass is 16.4. The van der Waals surface area contributed by atoms with Gasteiger partial charge in [-0.05, 0) is 5.56 Å². The minimum absolute atomic E-state index is 0.0116. The first-order chi connectivity index (χ1) is 11.0.